The summed E-state index contributed by atoms with van der Waals surface area (Å²) >= 11 is 0. The fraction of sp³-hybridized carbons (Fsp3) is 0.588. The van der Waals surface area contributed by atoms with Gasteiger partial charge in [0.2, 0.25) is 0 Å². The van der Waals surface area contributed by atoms with E-state index in [1.807, 2.05) is 31.3 Å². The predicted molar refractivity (Wildman–Crippen MR) is 84.3 cm³/mol. The van der Waals surface area contributed by atoms with Crippen LogP contribution in [0.2, 0.25) is 0 Å². The molecular formula is C17H26N2O2. The van der Waals surface area contributed by atoms with E-state index in [1.54, 1.807) is 0 Å². The summed E-state index contributed by atoms with van der Waals surface area (Å²) in [4.78, 5) is 12.0. The Morgan fingerprint density at radius 1 is 1.24 bits per heavy atom. The molecule has 0 saturated heterocycles. The summed E-state index contributed by atoms with van der Waals surface area (Å²) < 4.78 is 5.66. The first-order valence-electron chi connectivity index (χ1n) is 7.83. The van der Waals surface area contributed by atoms with Crippen molar-refractivity contribution in [3.8, 4) is 5.75 Å². The summed E-state index contributed by atoms with van der Waals surface area (Å²) in [6.07, 6.45) is 4.58. The van der Waals surface area contributed by atoms with E-state index in [0.29, 0.717) is 6.04 Å². The molecule has 0 bridgehead atoms. The first kappa shape index (κ1) is 15.8. The molecule has 1 fully saturated rings. The molecule has 1 saturated carbocycles. The molecule has 1 aliphatic rings. The molecule has 1 aliphatic carbocycles. The summed E-state index contributed by atoms with van der Waals surface area (Å²) in [5.41, 5.74) is 1.07. The van der Waals surface area contributed by atoms with Crippen LogP contribution < -0.4 is 15.4 Å². The van der Waals surface area contributed by atoms with Crippen molar-refractivity contribution in [1.82, 2.24) is 10.6 Å². The molecule has 0 heterocycles. The maximum absolute atomic E-state index is 12.0. The van der Waals surface area contributed by atoms with Crippen molar-refractivity contribution in [3.63, 3.8) is 0 Å². The summed E-state index contributed by atoms with van der Waals surface area (Å²) in [5.74, 6) is 1.55. The fourth-order valence-corrected chi connectivity index (χ4v) is 2.80. The van der Waals surface area contributed by atoms with E-state index >= 15 is 0 Å². The molecular weight excluding hydrogens is 264 g/mol. The maximum atomic E-state index is 12.0. The largest absolute Gasteiger partial charge is 0.483 e. The number of rotatable bonds is 6. The molecule has 1 aromatic carbocycles. The van der Waals surface area contributed by atoms with Gasteiger partial charge in [-0.15, -0.1) is 0 Å². The molecule has 0 unspecified atom stereocenters. The van der Waals surface area contributed by atoms with E-state index in [4.69, 9.17) is 4.74 Å². The summed E-state index contributed by atoms with van der Waals surface area (Å²) in [6.45, 7) is 3.10. The van der Waals surface area contributed by atoms with Gasteiger partial charge in [-0.1, -0.05) is 25.1 Å². The van der Waals surface area contributed by atoms with Gasteiger partial charge in [0.25, 0.3) is 5.91 Å². The molecule has 2 rings (SSSR count). The van der Waals surface area contributed by atoms with E-state index in [9.17, 15) is 4.79 Å². The average molecular weight is 290 g/mol. The van der Waals surface area contributed by atoms with Crippen LogP contribution in [0.15, 0.2) is 24.3 Å². The van der Waals surface area contributed by atoms with Crippen LogP contribution in [0.4, 0.5) is 0 Å². The van der Waals surface area contributed by atoms with E-state index in [1.165, 1.54) is 12.8 Å². The highest BCUT2D eigenvalue weighted by Crippen LogP contribution is 2.23. The number of nitrogens with one attached hydrogen (secondary N) is 2. The van der Waals surface area contributed by atoms with Crippen molar-refractivity contribution in [1.29, 1.82) is 0 Å². The number of carbonyl (C=O) groups is 1. The van der Waals surface area contributed by atoms with Crippen LogP contribution in [0.3, 0.4) is 0 Å². The van der Waals surface area contributed by atoms with Crippen LogP contribution in [-0.4, -0.2) is 25.6 Å². The molecule has 1 aromatic rings. The van der Waals surface area contributed by atoms with Crippen LogP contribution in [0.5, 0.6) is 5.75 Å². The molecule has 1 amide bonds. The Morgan fingerprint density at radius 2 is 1.95 bits per heavy atom. The molecule has 0 aromatic heterocycles. The van der Waals surface area contributed by atoms with Gasteiger partial charge in [0, 0.05) is 18.2 Å². The molecule has 0 radical (unpaired) electrons. The van der Waals surface area contributed by atoms with Gasteiger partial charge in [-0.2, -0.15) is 0 Å². The number of amides is 1. The molecule has 116 valence electrons. The van der Waals surface area contributed by atoms with E-state index < -0.39 is 0 Å². The highest BCUT2D eigenvalue weighted by molar-refractivity contribution is 5.77. The van der Waals surface area contributed by atoms with Crippen molar-refractivity contribution >= 4 is 5.91 Å². The average Bonchev–Trinajstić information content (AvgIpc) is 2.49. The number of hydrogen-bond acceptors (Lipinski definition) is 3. The number of hydrogen-bond donors (Lipinski definition) is 2. The van der Waals surface area contributed by atoms with Crippen LogP contribution in [0.1, 0.15) is 38.2 Å². The first-order valence-corrected chi connectivity index (χ1v) is 7.83. The molecule has 4 nitrogen and oxygen atoms in total. The Morgan fingerprint density at radius 3 is 2.67 bits per heavy atom. The molecule has 2 N–H and O–H groups in total. The third-order valence-corrected chi connectivity index (χ3v) is 4.08. The van der Waals surface area contributed by atoms with E-state index in [0.717, 1.165) is 36.6 Å². The SMILES string of the molecule is CNCc1ccccc1OCC(=O)NC1CCC(C)CC1. The van der Waals surface area contributed by atoms with Gasteiger partial charge >= 0.3 is 0 Å². The van der Waals surface area contributed by atoms with Gasteiger partial charge < -0.3 is 15.4 Å². The maximum Gasteiger partial charge on any atom is 0.258 e. The van der Waals surface area contributed by atoms with Crippen LogP contribution in [0.25, 0.3) is 0 Å². The van der Waals surface area contributed by atoms with Gasteiger partial charge in [0.15, 0.2) is 6.61 Å². The van der Waals surface area contributed by atoms with E-state index in [-0.39, 0.29) is 12.5 Å². The Labute approximate surface area is 127 Å². The lowest BCUT2D eigenvalue weighted by Crippen LogP contribution is -2.39. The zero-order valence-electron chi connectivity index (χ0n) is 13.0. The molecule has 0 aliphatic heterocycles. The Bertz CT molecular complexity index is 454. The Kier molecular flexibility index (Phi) is 6.05. The molecule has 0 atom stereocenters. The zero-order chi connectivity index (χ0) is 15.1. The van der Waals surface area contributed by atoms with Crippen LogP contribution in [-0.2, 0) is 11.3 Å². The Hall–Kier alpha value is -1.55. The number of carbonyl (C=O) groups excluding carboxylic acids is 1. The van der Waals surface area contributed by atoms with Crippen LogP contribution >= 0.6 is 0 Å². The van der Waals surface area contributed by atoms with Crippen molar-refractivity contribution < 1.29 is 9.53 Å². The minimum atomic E-state index is -0.0196. The summed E-state index contributed by atoms with van der Waals surface area (Å²) in [7, 11) is 1.90. The second-order valence-electron chi connectivity index (χ2n) is 5.95. The van der Waals surface area contributed by atoms with Gasteiger partial charge in [-0.05, 0) is 44.7 Å². The highest BCUT2D eigenvalue weighted by Gasteiger charge is 2.19. The minimum absolute atomic E-state index is 0.0196. The lowest BCUT2D eigenvalue weighted by molar-refractivity contribution is -0.124. The zero-order valence-corrected chi connectivity index (χ0v) is 13.0. The summed E-state index contributed by atoms with van der Waals surface area (Å²) in [6, 6.07) is 8.14. The minimum Gasteiger partial charge on any atom is -0.483 e. The normalized spacial score (nSPS) is 21.8. The highest BCUT2D eigenvalue weighted by atomic mass is 16.5. The third kappa shape index (κ3) is 5.05. The first-order chi connectivity index (χ1) is 10.2. The smallest absolute Gasteiger partial charge is 0.258 e. The van der Waals surface area contributed by atoms with Gasteiger partial charge in [0.05, 0.1) is 0 Å². The second-order valence-corrected chi connectivity index (χ2v) is 5.95. The standard InChI is InChI=1S/C17H26N2O2/c1-13-7-9-15(10-8-13)19-17(20)12-21-16-6-4-3-5-14(16)11-18-2/h3-6,13,15,18H,7-12H2,1-2H3,(H,19,20). The number of ether oxygens (including phenoxy) is 1. The molecule has 0 spiro atoms. The lowest BCUT2D eigenvalue weighted by atomic mass is 9.87. The van der Waals surface area contributed by atoms with Crippen molar-refractivity contribution in [2.45, 2.75) is 45.2 Å². The summed E-state index contributed by atoms with van der Waals surface area (Å²) in [5, 5.41) is 6.18. The van der Waals surface area contributed by atoms with Crippen molar-refractivity contribution in [2.75, 3.05) is 13.7 Å². The van der Waals surface area contributed by atoms with E-state index in [2.05, 4.69) is 17.6 Å². The second kappa shape index (κ2) is 8.03. The van der Waals surface area contributed by atoms with Crippen LogP contribution in [0, 0.1) is 5.92 Å². The van der Waals surface area contributed by atoms with Crippen molar-refractivity contribution in [2.24, 2.45) is 5.92 Å². The predicted octanol–water partition coefficient (Wildman–Crippen LogP) is 2.48. The quantitative estimate of drug-likeness (QED) is 0.846. The van der Waals surface area contributed by atoms with Gasteiger partial charge in [-0.3, -0.25) is 4.79 Å². The van der Waals surface area contributed by atoms with Crippen molar-refractivity contribution in [3.05, 3.63) is 29.8 Å². The topological polar surface area (TPSA) is 50.4 Å². The Balaban J connectivity index is 1.78. The van der Waals surface area contributed by atoms with Gasteiger partial charge in [-0.25, -0.2) is 0 Å². The third-order valence-electron chi connectivity index (χ3n) is 4.08. The monoisotopic (exact) mass is 290 g/mol. The molecule has 21 heavy (non-hydrogen) atoms. The van der Waals surface area contributed by atoms with Gasteiger partial charge in [0.1, 0.15) is 5.75 Å². The molecule has 4 heteroatoms. The fourth-order valence-electron chi connectivity index (χ4n) is 2.80. The number of para-hydroxylation sites is 1. The lowest BCUT2D eigenvalue weighted by Gasteiger charge is -2.26. The number of benzene rings is 1.